The molecule has 0 bridgehead atoms. The van der Waals surface area contributed by atoms with E-state index in [1.807, 2.05) is 0 Å². The van der Waals surface area contributed by atoms with Gasteiger partial charge in [0.05, 0.1) is 0 Å². The number of carboxylic acid groups (broad SMARTS) is 1. The van der Waals surface area contributed by atoms with Crippen molar-refractivity contribution in [1.29, 1.82) is 0 Å². The Kier molecular flexibility index (Phi) is 11.2. The number of carboxylic acids is 1. The van der Waals surface area contributed by atoms with E-state index in [2.05, 4.69) is 0 Å². The lowest BCUT2D eigenvalue weighted by Crippen LogP contribution is -1.97. The summed E-state index contributed by atoms with van der Waals surface area (Å²) in [4.78, 5) is 9.92. The third-order valence-corrected chi connectivity index (χ3v) is 1.09. The molecule has 0 heterocycles. The molecule has 4 heteroatoms. The molecular weight excluding hydrogens is 166 g/mol. The lowest BCUT2D eigenvalue weighted by molar-refractivity contribution is -0.131. The highest BCUT2D eigenvalue weighted by molar-refractivity contribution is 5.85. The zero-order chi connectivity index (χ0) is 7.82. The predicted octanol–water partition coefficient (Wildman–Crippen LogP) is 1.18. The standard InChI is InChI=1S/C7H13NO2.ClH/c8-6-4-2-1-3-5-7(9)10;/h3,5H,1-2,4,6,8H2,(H,9,10);1H. The summed E-state index contributed by atoms with van der Waals surface area (Å²) >= 11 is 0. The number of allylic oxidation sites excluding steroid dienone is 1. The summed E-state index contributed by atoms with van der Waals surface area (Å²) in [5.41, 5.74) is 5.23. The first-order valence-corrected chi connectivity index (χ1v) is 3.37. The van der Waals surface area contributed by atoms with Crippen molar-refractivity contribution in [2.45, 2.75) is 19.3 Å². The van der Waals surface area contributed by atoms with Gasteiger partial charge in [0.1, 0.15) is 0 Å². The minimum atomic E-state index is -0.882. The van der Waals surface area contributed by atoms with E-state index in [-0.39, 0.29) is 12.4 Å². The van der Waals surface area contributed by atoms with Gasteiger partial charge in [-0.1, -0.05) is 6.08 Å². The molecule has 0 saturated carbocycles. The van der Waals surface area contributed by atoms with Crippen molar-refractivity contribution in [1.82, 2.24) is 0 Å². The molecule has 0 atom stereocenters. The quantitative estimate of drug-likeness (QED) is 0.492. The third-order valence-electron chi connectivity index (χ3n) is 1.09. The molecule has 3 N–H and O–H groups in total. The average molecular weight is 180 g/mol. The molecule has 0 aromatic rings. The maximum absolute atomic E-state index is 9.92. The first-order valence-electron chi connectivity index (χ1n) is 3.37. The second kappa shape index (κ2) is 9.46. The fraction of sp³-hybridized carbons (Fsp3) is 0.571. The smallest absolute Gasteiger partial charge is 0.327 e. The SMILES string of the molecule is Cl.NCCCCC=CC(=O)O. The summed E-state index contributed by atoms with van der Waals surface area (Å²) in [5.74, 6) is -0.882. The van der Waals surface area contributed by atoms with Gasteiger partial charge >= 0.3 is 5.97 Å². The summed E-state index contributed by atoms with van der Waals surface area (Å²) in [6.45, 7) is 0.681. The van der Waals surface area contributed by atoms with E-state index in [1.165, 1.54) is 0 Å². The van der Waals surface area contributed by atoms with Gasteiger partial charge in [-0.05, 0) is 25.8 Å². The Balaban J connectivity index is 0. The molecule has 0 amide bonds. The zero-order valence-corrected chi connectivity index (χ0v) is 7.14. The van der Waals surface area contributed by atoms with Gasteiger partial charge in [-0.3, -0.25) is 0 Å². The Bertz CT molecular complexity index is 126. The first-order chi connectivity index (χ1) is 4.77. The van der Waals surface area contributed by atoms with Gasteiger partial charge in [-0.25, -0.2) is 4.79 Å². The largest absolute Gasteiger partial charge is 0.478 e. The molecule has 0 unspecified atom stereocenters. The monoisotopic (exact) mass is 179 g/mol. The number of hydrogen-bond donors (Lipinski definition) is 2. The normalized spacial score (nSPS) is 9.55. The van der Waals surface area contributed by atoms with Crippen LogP contribution in [0, 0.1) is 0 Å². The van der Waals surface area contributed by atoms with Gasteiger partial charge in [0.15, 0.2) is 0 Å². The number of halogens is 1. The Morgan fingerprint density at radius 3 is 2.55 bits per heavy atom. The molecule has 66 valence electrons. The Morgan fingerprint density at radius 2 is 2.09 bits per heavy atom. The molecule has 0 radical (unpaired) electrons. The van der Waals surface area contributed by atoms with Crippen LogP contribution in [-0.2, 0) is 4.79 Å². The molecular formula is C7H14ClNO2. The fourth-order valence-corrected chi connectivity index (χ4v) is 0.591. The summed E-state index contributed by atoms with van der Waals surface area (Å²) in [7, 11) is 0. The van der Waals surface area contributed by atoms with Gasteiger partial charge in [0, 0.05) is 6.08 Å². The van der Waals surface area contributed by atoms with E-state index in [0.717, 1.165) is 25.3 Å². The van der Waals surface area contributed by atoms with Crippen LogP contribution in [0.5, 0.6) is 0 Å². The lowest BCUT2D eigenvalue weighted by atomic mass is 10.2. The summed E-state index contributed by atoms with van der Waals surface area (Å²) < 4.78 is 0. The third kappa shape index (κ3) is 12.6. The molecule has 0 saturated heterocycles. The number of unbranched alkanes of at least 4 members (excludes halogenated alkanes) is 2. The van der Waals surface area contributed by atoms with Crippen LogP contribution in [0.25, 0.3) is 0 Å². The molecule has 0 rings (SSSR count). The Morgan fingerprint density at radius 1 is 1.45 bits per heavy atom. The summed E-state index contributed by atoms with van der Waals surface area (Å²) in [6, 6.07) is 0. The van der Waals surface area contributed by atoms with Crippen molar-refractivity contribution in [3.8, 4) is 0 Å². The van der Waals surface area contributed by atoms with Crippen LogP contribution in [-0.4, -0.2) is 17.6 Å². The molecule has 11 heavy (non-hydrogen) atoms. The van der Waals surface area contributed by atoms with Crippen molar-refractivity contribution in [2.75, 3.05) is 6.54 Å². The Hall–Kier alpha value is -0.540. The average Bonchev–Trinajstić information content (AvgIpc) is 1.87. The minimum Gasteiger partial charge on any atom is -0.478 e. The number of hydrogen-bond acceptors (Lipinski definition) is 2. The number of carbonyl (C=O) groups is 1. The number of rotatable bonds is 5. The van der Waals surface area contributed by atoms with Crippen molar-refractivity contribution in [3.63, 3.8) is 0 Å². The van der Waals surface area contributed by atoms with Crippen molar-refractivity contribution in [2.24, 2.45) is 5.73 Å². The second-order valence-electron chi connectivity index (χ2n) is 2.03. The maximum Gasteiger partial charge on any atom is 0.327 e. The number of aliphatic carboxylic acids is 1. The van der Waals surface area contributed by atoms with Crippen LogP contribution in [0.4, 0.5) is 0 Å². The van der Waals surface area contributed by atoms with Gasteiger partial charge in [0.2, 0.25) is 0 Å². The van der Waals surface area contributed by atoms with E-state index in [0.29, 0.717) is 6.54 Å². The molecule has 0 aliphatic heterocycles. The van der Waals surface area contributed by atoms with E-state index in [9.17, 15) is 4.79 Å². The van der Waals surface area contributed by atoms with E-state index >= 15 is 0 Å². The maximum atomic E-state index is 9.92. The van der Waals surface area contributed by atoms with E-state index < -0.39 is 5.97 Å². The predicted molar refractivity (Wildman–Crippen MR) is 46.9 cm³/mol. The van der Waals surface area contributed by atoms with Gasteiger partial charge < -0.3 is 10.8 Å². The van der Waals surface area contributed by atoms with Gasteiger partial charge in [-0.15, -0.1) is 12.4 Å². The van der Waals surface area contributed by atoms with Crippen molar-refractivity contribution >= 4 is 18.4 Å². The molecule has 0 aromatic carbocycles. The van der Waals surface area contributed by atoms with Gasteiger partial charge in [0.25, 0.3) is 0 Å². The van der Waals surface area contributed by atoms with Crippen LogP contribution in [0.2, 0.25) is 0 Å². The Labute approximate surface area is 72.7 Å². The van der Waals surface area contributed by atoms with Crippen LogP contribution in [0.1, 0.15) is 19.3 Å². The topological polar surface area (TPSA) is 63.3 Å². The van der Waals surface area contributed by atoms with E-state index in [4.69, 9.17) is 10.8 Å². The number of nitrogens with two attached hydrogens (primary N) is 1. The summed E-state index contributed by atoms with van der Waals surface area (Å²) in [6.07, 6.45) is 5.56. The molecule has 0 spiro atoms. The van der Waals surface area contributed by atoms with Crippen LogP contribution < -0.4 is 5.73 Å². The van der Waals surface area contributed by atoms with Crippen molar-refractivity contribution < 1.29 is 9.90 Å². The van der Waals surface area contributed by atoms with Crippen LogP contribution >= 0.6 is 12.4 Å². The molecule has 0 aromatic heterocycles. The van der Waals surface area contributed by atoms with Crippen LogP contribution in [0.15, 0.2) is 12.2 Å². The molecule has 3 nitrogen and oxygen atoms in total. The van der Waals surface area contributed by atoms with Crippen LogP contribution in [0.3, 0.4) is 0 Å². The first kappa shape index (κ1) is 13.1. The summed E-state index contributed by atoms with van der Waals surface area (Å²) in [5, 5.41) is 8.16. The van der Waals surface area contributed by atoms with Crippen molar-refractivity contribution in [3.05, 3.63) is 12.2 Å². The van der Waals surface area contributed by atoms with E-state index in [1.54, 1.807) is 6.08 Å². The molecule has 0 aliphatic carbocycles. The second-order valence-corrected chi connectivity index (χ2v) is 2.03. The fourth-order valence-electron chi connectivity index (χ4n) is 0.591. The highest BCUT2D eigenvalue weighted by Crippen LogP contribution is 1.93. The lowest BCUT2D eigenvalue weighted by Gasteiger charge is -1.89. The zero-order valence-electron chi connectivity index (χ0n) is 6.32. The molecule has 0 aliphatic rings. The van der Waals surface area contributed by atoms with Gasteiger partial charge in [-0.2, -0.15) is 0 Å². The highest BCUT2D eigenvalue weighted by atomic mass is 35.5. The highest BCUT2D eigenvalue weighted by Gasteiger charge is 1.84. The molecule has 0 fully saturated rings. The minimum absolute atomic E-state index is 0.